The fraction of sp³-hybridized carbons (Fsp3) is 0.647. The molecule has 1 saturated heterocycles. The van der Waals surface area contributed by atoms with E-state index < -0.39 is 6.36 Å². The fourth-order valence-electron chi connectivity index (χ4n) is 4.09. The van der Waals surface area contributed by atoms with E-state index in [4.69, 9.17) is 0 Å². The molecule has 2 atom stereocenters. The first kappa shape index (κ1) is 16.6. The summed E-state index contributed by atoms with van der Waals surface area (Å²) in [6.07, 6.45) is 0.124. The summed E-state index contributed by atoms with van der Waals surface area (Å²) in [5.41, 5.74) is 0.787. The van der Waals surface area contributed by atoms with Crippen LogP contribution in [-0.2, 0) is 6.54 Å². The number of alkyl halides is 3. The van der Waals surface area contributed by atoms with Gasteiger partial charge in [-0.1, -0.05) is 18.6 Å². The monoisotopic (exact) mass is 329 g/mol. The lowest BCUT2D eigenvalue weighted by Gasteiger charge is -2.42. The van der Waals surface area contributed by atoms with E-state index in [1.807, 2.05) is 6.07 Å². The second-order valence-electron chi connectivity index (χ2n) is 6.78. The molecule has 0 amide bonds. The highest BCUT2D eigenvalue weighted by Crippen LogP contribution is 2.45. The maximum Gasteiger partial charge on any atom is 0.573 e. The Morgan fingerprint density at radius 3 is 2.74 bits per heavy atom. The van der Waals surface area contributed by atoms with E-state index in [0.717, 1.165) is 50.8 Å². The van der Waals surface area contributed by atoms with Crippen molar-refractivity contribution in [2.75, 3.05) is 13.1 Å². The number of halogens is 3. The second-order valence-corrected chi connectivity index (χ2v) is 6.78. The smallest absolute Gasteiger partial charge is 0.406 e. The van der Waals surface area contributed by atoms with E-state index in [-0.39, 0.29) is 17.3 Å². The number of aliphatic hydroxyl groups is 1. The molecule has 1 aromatic rings. The molecule has 23 heavy (non-hydrogen) atoms. The largest absolute Gasteiger partial charge is 0.573 e. The molecule has 1 aliphatic carbocycles. The minimum Gasteiger partial charge on any atom is -0.406 e. The van der Waals surface area contributed by atoms with Gasteiger partial charge in [0.05, 0.1) is 6.10 Å². The van der Waals surface area contributed by atoms with Crippen molar-refractivity contribution in [1.82, 2.24) is 4.90 Å². The number of nitrogens with zero attached hydrogens (tertiary/aromatic N) is 1. The lowest BCUT2D eigenvalue weighted by Crippen LogP contribution is -2.46. The maximum absolute atomic E-state index is 12.3. The van der Waals surface area contributed by atoms with Crippen LogP contribution in [0, 0.1) is 5.41 Å². The zero-order chi connectivity index (χ0) is 16.5. The van der Waals surface area contributed by atoms with Crippen molar-refractivity contribution in [2.45, 2.75) is 51.1 Å². The molecule has 0 bridgehead atoms. The zero-order valence-electron chi connectivity index (χ0n) is 13.0. The Balaban J connectivity index is 1.66. The van der Waals surface area contributed by atoms with Crippen molar-refractivity contribution in [2.24, 2.45) is 5.41 Å². The molecule has 0 radical (unpaired) electrons. The Labute approximate surface area is 134 Å². The van der Waals surface area contributed by atoms with Gasteiger partial charge in [-0.15, -0.1) is 13.2 Å². The Kier molecular flexibility index (Phi) is 4.56. The summed E-state index contributed by atoms with van der Waals surface area (Å²) in [5, 5.41) is 10.3. The molecule has 2 aliphatic rings. The minimum absolute atomic E-state index is 0.0155. The van der Waals surface area contributed by atoms with Crippen LogP contribution >= 0.6 is 0 Å². The topological polar surface area (TPSA) is 32.7 Å². The van der Waals surface area contributed by atoms with Crippen molar-refractivity contribution in [3.63, 3.8) is 0 Å². The molecule has 3 rings (SSSR count). The van der Waals surface area contributed by atoms with Gasteiger partial charge < -0.3 is 9.84 Å². The van der Waals surface area contributed by atoms with Crippen LogP contribution in [0.15, 0.2) is 24.3 Å². The number of ether oxygens (including phenoxy) is 1. The predicted molar refractivity (Wildman–Crippen MR) is 79.9 cm³/mol. The van der Waals surface area contributed by atoms with Crippen LogP contribution in [0.25, 0.3) is 0 Å². The molecule has 6 heteroatoms. The highest BCUT2D eigenvalue weighted by molar-refractivity contribution is 5.28. The molecule has 1 saturated carbocycles. The first-order valence-electron chi connectivity index (χ1n) is 8.11. The van der Waals surface area contributed by atoms with Gasteiger partial charge in [0.1, 0.15) is 5.75 Å². The molecule has 0 aromatic heterocycles. The zero-order valence-corrected chi connectivity index (χ0v) is 13.0. The first-order chi connectivity index (χ1) is 10.9. The molecular formula is C17H22F3NO2. The summed E-state index contributed by atoms with van der Waals surface area (Å²) >= 11 is 0. The summed E-state index contributed by atoms with van der Waals surface area (Å²) in [6, 6.07) is 6.16. The highest BCUT2D eigenvalue weighted by atomic mass is 19.4. The van der Waals surface area contributed by atoms with Crippen molar-refractivity contribution < 1.29 is 23.0 Å². The van der Waals surface area contributed by atoms with Gasteiger partial charge in [-0.3, -0.25) is 4.90 Å². The fourth-order valence-corrected chi connectivity index (χ4v) is 4.09. The molecule has 1 spiro atoms. The van der Waals surface area contributed by atoms with Crippen molar-refractivity contribution in [3.8, 4) is 5.75 Å². The lowest BCUT2D eigenvalue weighted by atomic mass is 9.76. The molecule has 1 aliphatic heterocycles. The number of hydrogen-bond donors (Lipinski definition) is 1. The molecule has 128 valence electrons. The molecule has 1 N–H and O–H groups in total. The van der Waals surface area contributed by atoms with Crippen molar-refractivity contribution in [1.29, 1.82) is 0 Å². The normalized spacial score (nSPS) is 29.1. The van der Waals surface area contributed by atoms with Gasteiger partial charge in [0.25, 0.3) is 0 Å². The maximum atomic E-state index is 12.3. The number of hydrogen-bond acceptors (Lipinski definition) is 3. The van der Waals surface area contributed by atoms with Gasteiger partial charge in [0.2, 0.25) is 0 Å². The minimum atomic E-state index is -4.66. The standard InChI is InChI=1S/C17H22F3NO2/c18-17(19,20)23-14-5-1-4-13(10-14)11-21-9-3-8-16(12-21)7-2-6-15(16)22/h1,4-5,10,15,22H,2-3,6-9,11-12H2/t15-,16+/m1/s1. The van der Waals surface area contributed by atoms with Crippen molar-refractivity contribution >= 4 is 0 Å². The Bertz CT molecular complexity index is 549. The van der Waals surface area contributed by atoms with Gasteiger partial charge in [-0.2, -0.15) is 0 Å². The van der Waals surface area contributed by atoms with Gasteiger partial charge >= 0.3 is 6.36 Å². The van der Waals surface area contributed by atoms with Gasteiger partial charge in [-0.25, -0.2) is 0 Å². The molecular weight excluding hydrogens is 307 g/mol. The van der Waals surface area contributed by atoms with Crippen LogP contribution in [0.3, 0.4) is 0 Å². The summed E-state index contributed by atoms with van der Waals surface area (Å²) < 4.78 is 40.9. The van der Waals surface area contributed by atoms with E-state index in [1.165, 1.54) is 12.1 Å². The quantitative estimate of drug-likeness (QED) is 0.917. The van der Waals surface area contributed by atoms with Crippen LogP contribution in [0.2, 0.25) is 0 Å². The summed E-state index contributed by atoms with van der Waals surface area (Å²) in [4.78, 5) is 2.24. The van der Waals surface area contributed by atoms with Gasteiger partial charge in [-0.05, 0) is 49.9 Å². The number of aliphatic hydroxyl groups excluding tert-OH is 1. The lowest BCUT2D eigenvalue weighted by molar-refractivity contribution is -0.274. The van der Waals surface area contributed by atoms with Crippen LogP contribution in [-0.4, -0.2) is 35.6 Å². The van der Waals surface area contributed by atoms with Crippen LogP contribution in [0.5, 0.6) is 5.75 Å². The van der Waals surface area contributed by atoms with E-state index in [0.29, 0.717) is 6.54 Å². The average Bonchev–Trinajstić information content (AvgIpc) is 2.78. The first-order valence-corrected chi connectivity index (χ1v) is 8.11. The second kappa shape index (κ2) is 6.32. The Hall–Kier alpha value is -1.27. The molecule has 2 fully saturated rings. The SMILES string of the molecule is O[C@@H]1CCC[C@@]12CCCN(Cc1cccc(OC(F)(F)F)c1)C2. The molecule has 1 aromatic carbocycles. The van der Waals surface area contributed by atoms with E-state index in [1.54, 1.807) is 6.07 Å². The Morgan fingerprint density at radius 2 is 2.04 bits per heavy atom. The number of likely N-dealkylation sites (tertiary alicyclic amines) is 1. The van der Waals surface area contributed by atoms with E-state index >= 15 is 0 Å². The van der Waals surface area contributed by atoms with Crippen LogP contribution in [0.4, 0.5) is 13.2 Å². The van der Waals surface area contributed by atoms with Crippen LogP contribution in [0.1, 0.15) is 37.7 Å². The molecule has 3 nitrogen and oxygen atoms in total. The molecule has 1 heterocycles. The van der Waals surface area contributed by atoms with E-state index in [9.17, 15) is 18.3 Å². The molecule has 0 unspecified atom stereocenters. The number of piperidine rings is 1. The van der Waals surface area contributed by atoms with Crippen LogP contribution < -0.4 is 4.74 Å². The third kappa shape index (κ3) is 3.98. The number of rotatable bonds is 3. The predicted octanol–water partition coefficient (Wildman–Crippen LogP) is 3.71. The Morgan fingerprint density at radius 1 is 1.26 bits per heavy atom. The van der Waals surface area contributed by atoms with Gasteiger partial charge in [0, 0.05) is 18.5 Å². The van der Waals surface area contributed by atoms with Gasteiger partial charge in [0.15, 0.2) is 0 Å². The summed E-state index contributed by atoms with van der Waals surface area (Å²) in [6.45, 7) is 2.32. The third-order valence-corrected chi connectivity index (χ3v) is 5.08. The third-order valence-electron chi connectivity index (χ3n) is 5.08. The summed E-state index contributed by atoms with van der Waals surface area (Å²) in [7, 11) is 0. The van der Waals surface area contributed by atoms with Crippen molar-refractivity contribution in [3.05, 3.63) is 29.8 Å². The summed E-state index contributed by atoms with van der Waals surface area (Å²) in [5.74, 6) is -0.178. The average molecular weight is 329 g/mol. The highest BCUT2D eigenvalue weighted by Gasteiger charge is 2.44. The van der Waals surface area contributed by atoms with E-state index in [2.05, 4.69) is 9.64 Å². The number of benzene rings is 1.